The molecule has 1 aromatic carbocycles. The molecule has 1 aliphatic rings. The van der Waals surface area contributed by atoms with Gasteiger partial charge in [-0.1, -0.05) is 0 Å². The average Bonchev–Trinajstić information content (AvgIpc) is 3.41. The Balaban J connectivity index is 1.95. The van der Waals surface area contributed by atoms with E-state index in [-0.39, 0.29) is 11.4 Å². The van der Waals surface area contributed by atoms with Crippen molar-refractivity contribution in [1.82, 2.24) is 19.5 Å². The van der Waals surface area contributed by atoms with Gasteiger partial charge in [-0.25, -0.2) is 15.0 Å². The first kappa shape index (κ1) is 17.0. The zero-order chi connectivity index (χ0) is 18.3. The van der Waals surface area contributed by atoms with Crippen LogP contribution in [0.3, 0.4) is 0 Å². The van der Waals surface area contributed by atoms with Gasteiger partial charge in [-0.15, -0.1) is 0 Å². The fourth-order valence-electron chi connectivity index (χ4n) is 3.24. The maximum absolute atomic E-state index is 9.24. The molecule has 26 heavy (non-hydrogen) atoms. The van der Waals surface area contributed by atoms with Gasteiger partial charge in [0.2, 0.25) is 5.28 Å². The second-order valence-corrected chi connectivity index (χ2v) is 6.73. The Hall–Kier alpha value is -2.49. The van der Waals surface area contributed by atoms with E-state index in [1.54, 1.807) is 12.3 Å². The third-order valence-corrected chi connectivity index (χ3v) is 4.74. The van der Waals surface area contributed by atoms with Gasteiger partial charge in [0.05, 0.1) is 40.0 Å². The summed E-state index contributed by atoms with van der Waals surface area (Å²) in [6.45, 7) is 4.47. The Morgan fingerprint density at radius 2 is 2.19 bits per heavy atom. The number of rotatable bonds is 5. The number of halogens is 1. The Morgan fingerprint density at radius 1 is 1.38 bits per heavy atom. The summed E-state index contributed by atoms with van der Waals surface area (Å²) in [5.41, 5.74) is 3.99. The first-order chi connectivity index (χ1) is 12.6. The maximum Gasteiger partial charge on any atom is 0.222 e. The molecule has 0 amide bonds. The fraction of sp³-hybridized carbons (Fsp3) is 0.368. The fourth-order valence-corrected chi connectivity index (χ4v) is 3.38. The van der Waals surface area contributed by atoms with Crippen LogP contribution in [0.15, 0.2) is 24.4 Å². The Morgan fingerprint density at radius 3 is 2.88 bits per heavy atom. The van der Waals surface area contributed by atoms with E-state index in [1.807, 2.05) is 26.0 Å². The molecule has 6 nitrogen and oxygen atoms in total. The van der Waals surface area contributed by atoms with Gasteiger partial charge in [-0.3, -0.25) is 0 Å². The van der Waals surface area contributed by atoms with Crippen LogP contribution in [0.25, 0.3) is 22.4 Å². The van der Waals surface area contributed by atoms with Crippen molar-refractivity contribution < 1.29 is 4.74 Å². The predicted octanol–water partition coefficient (Wildman–Crippen LogP) is 4.45. The SMILES string of the molecule is CCOC(C)c1nc(Cl)ncc1-c1nc2ccc(C#N)cc2n1C1CC1. The zero-order valence-electron chi connectivity index (χ0n) is 14.6. The van der Waals surface area contributed by atoms with E-state index in [2.05, 4.69) is 20.6 Å². The van der Waals surface area contributed by atoms with Crippen molar-refractivity contribution in [2.45, 2.75) is 38.8 Å². The highest BCUT2D eigenvalue weighted by Gasteiger charge is 2.30. The Kier molecular flexibility index (Phi) is 4.35. The molecule has 0 radical (unpaired) electrons. The van der Waals surface area contributed by atoms with E-state index < -0.39 is 0 Å². The highest BCUT2D eigenvalue weighted by atomic mass is 35.5. The van der Waals surface area contributed by atoms with Gasteiger partial charge in [-0.2, -0.15) is 5.26 Å². The largest absolute Gasteiger partial charge is 0.372 e. The van der Waals surface area contributed by atoms with Crippen molar-refractivity contribution in [3.8, 4) is 17.5 Å². The molecule has 0 N–H and O–H groups in total. The summed E-state index contributed by atoms with van der Waals surface area (Å²) in [6, 6.07) is 8.16. The van der Waals surface area contributed by atoms with Gasteiger partial charge in [-0.05, 0) is 56.5 Å². The molecule has 0 bridgehead atoms. The summed E-state index contributed by atoms with van der Waals surface area (Å²) in [4.78, 5) is 13.4. The van der Waals surface area contributed by atoms with Gasteiger partial charge >= 0.3 is 0 Å². The minimum atomic E-state index is -0.224. The second-order valence-electron chi connectivity index (χ2n) is 6.39. The van der Waals surface area contributed by atoms with Crippen molar-refractivity contribution in [3.63, 3.8) is 0 Å². The van der Waals surface area contributed by atoms with Crippen LogP contribution in [0.1, 0.15) is 50.1 Å². The van der Waals surface area contributed by atoms with Crippen LogP contribution < -0.4 is 0 Å². The lowest BCUT2D eigenvalue weighted by Gasteiger charge is -2.16. The number of hydrogen-bond donors (Lipinski definition) is 0. The molecule has 0 aliphatic heterocycles. The van der Waals surface area contributed by atoms with Crippen LogP contribution in [0, 0.1) is 11.3 Å². The number of nitrogens with zero attached hydrogens (tertiary/aromatic N) is 5. The lowest BCUT2D eigenvalue weighted by molar-refractivity contribution is 0.0736. The van der Waals surface area contributed by atoms with Crippen LogP contribution in [0.4, 0.5) is 0 Å². The van der Waals surface area contributed by atoms with Crippen molar-refractivity contribution in [1.29, 1.82) is 5.26 Å². The zero-order valence-corrected chi connectivity index (χ0v) is 15.4. The molecule has 0 spiro atoms. The summed E-state index contributed by atoms with van der Waals surface area (Å²) in [7, 11) is 0. The van der Waals surface area contributed by atoms with Crippen LogP contribution >= 0.6 is 11.6 Å². The standard InChI is InChI=1S/C19H18ClN5O/c1-3-26-11(2)17-14(10-22-19(20)24-17)18-23-15-7-4-12(9-21)8-16(15)25(18)13-5-6-13/h4,7-8,10-11,13H,3,5-6H2,1-2H3. The monoisotopic (exact) mass is 367 g/mol. The van der Waals surface area contributed by atoms with E-state index in [4.69, 9.17) is 21.3 Å². The number of nitriles is 1. The maximum atomic E-state index is 9.24. The first-order valence-electron chi connectivity index (χ1n) is 8.68. The van der Waals surface area contributed by atoms with E-state index in [0.717, 1.165) is 41.0 Å². The van der Waals surface area contributed by atoms with Crippen molar-refractivity contribution >= 4 is 22.6 Å². The lowest BCUT2D eigenvalue weighted by Crippen LogP contribution is -2.08. The van der Waals surface area contributed by atoms with E-state index in [9.17, 15) is 5.26 Å². The molecule has 7 heteroatoms. The molecule has 2 aromatic heterocycles. The van der Waals surface area contributed by atoms with Gasteiger partial charge in [0.25, 0.3) is 0 Å². The van der Waals surface area contributed by atoms with Crippen LogP contribution in [0.2, 0.25) is 5.28 Å². The number of fused-ring (bicyclic) bond motifs is 1. The van der Waals surface area contributed by atoms with Crippen molar-refractivity contribution in [3.05, 3.63) is 40.9 Å². The smallest absolute Gasteiger partial charge is 0.222 e. The van der Waals surface area contributed by atoms with Gasteiger partial charge in [0.1, 0.15) is 5.82 Å². The van der Waals surface area contributed by atoms with Crippen molar-refractivity contribution in [2.75, 3.05) is 6.61 Å². The molecule has 1 atom stereocenters. The van der Waals surface area contributed by atoms with Gasteiger partial charge < -0.3 is 9.30 Å². The number of ether oxygens (including phenoxy) is 1. The molecule has 1 saturated carbocycles. The quantitative estimate of drug-likeness (QED) is 0.622. The first-order valence-corrected chi connectivity index (χ1v) is 9.06. The molecule has 4 rings (SSSR count). The number of benzene rings is 1. The molecule has 132 valence electrons. The number of imidazole rings is 1. The topological polar surface area (TPSA) is 76.6 Å². The highest BCUT2D eigenvalue weighted by molar-refractivity contribution is 6.28. The van der Waals surface area contributed by atoms with Crippen LogP contribution in [-0.4, -0.2) is 26.1 Å². The van der Waals surface area contributed by atoms with E-state index >= 15 is 0 Å². The van der Waals surface area contributed by atoms with E-state index in [1.165, 1.54) is 0 Å². The summed E-state index contributed by atoms with van der Waals surface area (Å²) in [6.07, 6.45) is 3.68. The summed E-state index contributed by atoms with van der Waals surface area (Å²) >= 11 is 6.04. The molecule has 0 saturated heterocycles. The predicted molar refractivity (Wildman–Crippen MR) is 98.8 cm³/mol. The summed E-state index contributed by atoms with van der Waals surface area (Å²) in [5, 5.41) is 9.43. The summed E-state index contributed by atoms with van der Waals surface area (Å²) in [5.74, 6) is 0.802. The third-order valence-electron chi connectivity index (χ3n) is 4.56. The highest BCUT2D eigenvalue weighted by Crippen LogP contribution is 2.42. The Bertz CT molecular complexity index is 1020. The van der Waals surface area contributed by atoms with Crippen molar-refractivity contribution in [2.24, 2.45) is 0 Å². The normalized spacial score (nSPS) is 15.2. The average molecular weight is 368 g/mol. The second kappa shape index (κ2) is 6.67. The molecular formula is C19H18ClN5O. The molecular weight excluding hydrogens is 350 g/mol. The molecule has 2 heterocycles. The summed E-state index contributed by atoms with van der Waals surface area (Å²) < 4.78 is 7.94. The minimum Gasteiger partial charge on any atom is -0.372 e. The number of hydrogen-bond acceptors (Lipinski definition) is 5. The molecule has 1 aliphatic carbocycles. The van der Waals surface area contributed by atoms with E-state index in [0.29, 0.717) is 18.2 Å². The molecule has 1 unspecified atom stereocenters. The van der Waals surface area contributed by atoms with Crippen LogP contribution in [-0.2, 0) is 4.74 Å². The third kappa shape index (κ3) is 2.94. The molecule has 3 aromatic rings. The Labute approximate surface area is 156 Å². The van der Waals surface area contributed by atoms with Crippen LogP contribution in [0.5, 0.6) is 0 Å². The lowest BCUT2D eigenvalue weighted by atomic mass is 10.1. The minimum absolute atomic E-state index is 0.191. The van der Waals surface area contributed by atoms with Gasteiger partial charge in [0, 0.05) is 18.8 Å². The van der Waals surface area contributed by atoms with Gasteiger partial charge in [0.15, 0.2) is 0 Å². The molecule has 1 fully saturated rings. The number of aromatic nitrogens is 4.